The first-order valence-corrected chi connectivity index (χ1v) is 9.46. The minimum absolute atomic E-state index is 0.308. The highest BCUT2D eigenvalue weighted by atomic mass is 16.5. The lowest BCUT2D eigenvalue weighted by molar-refractivity contribution is -0.133. The highest BCUT2D eigenvalue weighted by Crippen LogP contribution is 2.21. The Morgan fingerprint density at radius 2 is 1.88 bits per heavy atom. The number of carbonyl (C=O) groups excluding carboxylic acids is 1. The summed E-state index contributed by atoms with van der Waals surface area (Å²) < 4.78 is 5.68. The molecule has 2 heterocycles. The van der Waals surface area contributed by atoms with E-state index in [1.807, 2.05) is 18.2 Å². The predicted octanol–water partition coefficient (Wildman–Crippen LogP) is 3.07. The molecule has 24 heavy (non-hydrogen) atoms. The van der Waals surface area contributed by atoms with E-state index in [4.69, 9.17) is 4.74 Å². The van der Waals surface area contributed by atoms with Gasteiger partial charge in [0, 0.05) is 32.2 Å². The van der Waals surface area contributed by atoms with Crippen molar-refractivity contribution >= 4 is 5.91 Å². The van der Waals surface area contributed by atoms with Gasteiger partial charge in [-0.3, -0.25) is 9.69 Å². The van der Waals surface area contributed by atoms with Crippen LogP contribution in [0.25, 0.3) is 0 Å². The summed E-state index contributed by atoms with van der Waals surface area (Å²) in [6, 6.07) is 10.8. The van der Waals surface area contributed by atoms with Crippen LogP contribution in [0.1, 0.15) is 44.1 Å². The predicted molar refractivity (Wildman–Crippen MR) is 95.7 cm³/mol. The molecule has 3 rings (SSSR count). The van der Waals surface area contributed by atoms with Gasteiger partial charge < -0.3 is 9.64 Å². The van der Waals surface area contributed by atoms with Crippen molar-refractivity contribution in [3.63, 3.8) is 0 Å². The van der Waals surface area contributed by atoms with Crippen LogP contribution in [0.3, 0.4) is 0 Å². The van der Waals surface area contributed by atoms with Gasteiger partial charge in [0.2, 0.25) is 5.91 Å². The highest BCUT2D eigenvalue weighted by Gasteiger charge is 2.28. The van der Waals surface area contributed by atoms with Crippen LogP contribution >= 0.6 is 0 Å². The first kappa shape index (κ1) is 17.4. The SMILES string of the molecule is O=C(CCCOCc1ccccc1)N1CCC[C@@H](N2CCCC2)C1. The van der Waals surface area contributed by atoms with E-state index in [-0.39, 0.29) is 0 Å². The maximum absolute atomic E-state index is 12.4. The molecule has 2 aliphatic heterocycles. The fourth-order valence-electron chi connectivity index (χ4n) is 3.83. The summed E-state index contributed by atoms with van der Waals surface area (Å²) in [4.78, 5) is 17.1. The van der Waals surface area contributed by atoms with Crippen LogP contribution in [0.4, 0.5) is 0 Å². The van der Waals surface area contributed by atoms with Gasteiger partial charge in [-0.15, -0.1) is 0 Å². The summed E-state index contributed by atoms with van der Waals surface area (Å²) >= 11 is 0. The maximum Gasteiger partial charge on any atom is 0.222 e. The number of nitrogens with zero attached hydrogens (tertiary/aromatic N) is 2. The van der Waals surface area contributed by atoms with Crippen LogP contribution in [0.5, 0.6) is 0 Å². The zero-order valence-corrected chi connectivity index (χ0v) is 14.7. The molecule has 0 radical (unpaired) electrons. The molecule has 4 nitrogen and oxygen atoms in total. The van der Waals surface area contributed by atoms with Crippen molar-refractivity contribution in [2.45, 2.75) is 51.2 Å². The molecule has 0 unspecified atom stereocenters. The molecule has 0 bridgehead atoms. The van der Waals surface area contributed by atoms with Crippen LogP contribution in [-0.4, -0.2) is 54.5 Å². The Labute approximate surface area is 145 Å². The van der Waals surface area contributed by atoms with E-state index in [1.54, 1.807) is 0 Å². The second kappa shape index (κ2) is 9.19. The quantitative estimate of drug-likeness (QED) is 0.720. The van der Waals surface area contributed by atoms with E-state index < -0.39 is 0 Å². The highest BCUT2D eigenvalue weighted by molar-refractivity contribution is 5.76. The molecule has 132 valence electrons. The maximum atomic E-state index is 12.4. The van der Waals surface area contributed by atoms with Crippen LogP contribution in [0.15, 0.2) is 30.3 Å². The fourth-order valence-corrected chi connectivity index (χ4v) is 3.83. The van der Waals surface area contributed by atoms with Crippen LogP contribution in [0.2, 0.25) is 0 Å². The average molecular weight is 330 g/mol. The third kappa shape index (κ3) is 5.05. The summed E-state index contributed by atoms with van der Waals surface area (Å²) in [6.45, 7) is 5.61. The van der Waals surface area contributed by atoms with Crippen molar-refractivity contribution < 1.29 is 9.53 Å². The molecule has 1 aromatic carbocycles. The van der Waals surface area contributed by atoms with Gasteiger partial charge in [-0.1, -0.05) is 30.3 Å². The van der Waals surface area contributed by atoms with Crippen molar-refractivity contribution in [1.29, 1.82) is 0 Å². The van der Waals surface area contributed by atoms with Crippen molar-refractivity contribution in [3.05, 3.63) is 35.9 Å². The Morgan fingerprint density at radius 1 is 1.08 bits per heavy atom. The van der Waals surface area contributed by atoms with Crippen molar-refractivity contribution in [2.24, 2.45) is 0 Å². The number of piperidine rings is 1. The van der Waals surface area contributed by atoms with Gasteiger partial charge in [-0.2, -0.15) is 0 Å². The largest absolute Gasteiger partial charge is 0.377 e. The molecule has 4 heteroatoms. The van der Waals surface area contributed by atoms with Gasteiger partial charge in [0.05, 0.1) is 6.61 Å². The number of hydrogen-bond acceptors (Lipinski definition) is 3. The number of ether oxygens (including phenoxy) is 1. The molecule has 0 saturated carbocycles. The standard InChI is InChI=1S/C20H30N2O2/c23-20(11-7-15-24-17-18-8-2-1-3-9-18)22-14-6-10-19(16-22)21-12-4-5-13-21/h1-3,8-9,19H,4-7,10-17H2/t19-/m1/s1. The monoisotopic (exact) mass is 330 g/mol. The van der Waals surface area contributed by atoms with Gasteiger partial charge in [-0.05, 0) is 50.8 Å². The summed E-state index contributed by atoms with van der Waals surface area (Å²) in [5.41, 5.74) is 1.19. The lowest BCUT2D eigenvalue weighted by Crippen LogP contribution is -2.48. The molecular formula is C20H30N2O2. The lowest BCUT2D eigenvalue weighted by atomic mass is 10.0. The minimum atomic E-state index is 0.308. The number of rotatable bonds is 7. The van der Waals surface area contributed by atoms with Crippen LogP contribution in [0, 0.1) is 0 Å². The second-order valence-electron chi connectivity index (χ2n) is 7.02. The average Bonchev–Trinajstić information content (AvgIpc) is 3.17. The molecule has 0 spiro atoms. The Morgan fingerprint density at radius 3 is 2.67 bits per heavy atom. The third-order valence-electron chi connectivity index (χ3n) is 5.20. The number of benzene rings is 1. The molecule has 1 aromatic rings. The number of hydrogen-bond donors (Lipinski definition) is 0. The topological polar surface area (TPSA) is 32.8 Å². The molecule has 1 atom stereocenters. The Kier molecular flexibility index (Phi) is 6.67. The van der Waals surface area contributed by atoms with Gasteiger partial charge in [0.15, 0.2) is 0 Å². The molecule has 0 aliphatic carbocycles. The lowest BCUT2D eigenvalue weighted by Gasteiger charge is -2.37. The van der Waals surface area contributed by atoms with Gasteiger partial charge in [0.25, 0.3) is 0 Å². The molecule has 2 saturated heterocycles. The van der Waals surface area contributed by atoms with Crippen LogP contribution in [-0.2, 0) is 16.1 Å². The number of likely N-dealkylation sites (tertiary alicyclic amines) is 2. The smallest absolute Gasteiger partial charge is 0.222 e. The van der Waals surface area contributed by atoms with Crippen molar-refractivity contribution in [2.75, 3.05) is 32.8 Å². The molecule has 0 N–H and O–H groups in total. The summed E-state index contributed by atoms with van der Waals surface area (Å²) in [6.07, 6.45) is 6.48. The van der Waals surface area contributed by atoms with Crippen molar-refractivity contribution in [3.8, 4) is 0 Å². The summed E-state index contributed by atoms with van der Waals surface area (Å²) in [7, 11) is 0. The van der Waals surface area contributed by atoms with E-state index in [0.29, 0.717) is 31.6 Å². The van der Waals surface area contributed by atoms with E-state index in [9.17, 15) is 4.79 Å². The van der Waals surface area contributed by atoms with Gasteiger partial charge in [0.1, 0.15) is 0 Å². The minimum Gasteiger partial charge on any atom is -0.377 e. The van der Waals surface area contributed by atoms with E-state index in [1.165, 1.54) is 37.9 Å². The first-order chi connectivity index (χ1) is 11.8. The normalized spacial score (nSPS) is 22.0. The van der Waals surface area contributed by atoms with E-state index >= 15 is 0 Å². The van der Waals surface area contributed by atoms with Crippen molar-refractivity contribution in [1.82, 2.24) is 9.80 Å². The Hall–Kier alpha value is -1.39. The molecular weight excluding hydrogens is 300 g/mol. The van der Waals surface area contributed by atoms with E-state index in [2.05, 4.69) is 21.9 Å². The Balaban J connectivity index is 1.32. The first-order valence-electron chi connectivity index (χ1n) is 9.46. The number of amides is 1. The summed E-state index contributed by atoms with van der Waals surface area (Å²) in [5.74, 6) is 0.308. The van der Waals surface area contributed by atoms with E-state index in [0.717, 1.165) is 25.9 Å². The zero-order chi connectivity index (χ0) is 16.6. The van der Waals surface area contributed by atoms with Gasteiger partial charge in [-0.25, -0.2) is 0 Å². The third-order valence-corrected chi connectivity index (χ3v) is 5.20. The molecule has 2 aliphatic rings. The fraction of sp³-hybridized carbons (Fsp3) is 0.650. The molecule has 0 aromatic heterocycles. The zero-order valence-electron chi connectivity index (χ0n) is 14.7. The molecule has 2 fully saturated rings. The van der Waals surface area contributed by atoms with Gasteiger partial charge >= 0.3 is 0 Å². The Bertz CT molecular complexity index is 500. The summed E-state index contributed by atoms with van der Waals surface area (Å²) in [5, 5.41) is 0. The van der Waals surface area contributed by atoms with Crippen LogP contribution < -0.4 is 0 Å². The molecule has 1 amide bonds. The second-order valence-corrected chi connectivity index (χ2v) is 7.02. The number of carbonyl (C=O) groups is 1.